The Labute approximate surface area is 273 Å². The first-order chi connectivity index (χ1) is 21.9. The van der Waals surface area contributed by atoms with Crippen molar-refractivity contribution in [1.82, 2.24) is 30.7 Å². The molecule has 0 aliphatic carbocycles. The van der Waals surface area contributed by atoms with Gasteiger partial charge < -0.3 is 30.3 Å². The van der Waals surface area contributed by atoms with Crippen LogP contribution in [0.4, 0.5) is 9.59 Å². The van der Waals surface area contributed by atoms with Crippen molar-refractivity contribution in [3.63, 3.8) is 0 Å². The molecule has 0 radical (unpaired) electrons. The molecule has 248 valence electrons. The second-order valence-corrected chi connectivity index (χ2v) is 14.1. The van der Waals surface area contributed by atoms with Gasteiger partial charge >= 0.3 is 12.1 Å². The second kappa shape index (κ2) is 19.0. The Kier molecular flexibility index (Phi) is 14.8. The number of thiazole rings is 1. The number of benzene rings is 1. The van der Waals surface area contributed by atoms with Gasteiger partial charge in [-0.15, -0.1) is 20.6 Å². The van der Waals surface area contributed by atoms with Crippen molar-refractivity contribution in [2.24, 2.45) is 0 Å². The zero-order chi connectivity index (χ0) is 31.9. The van der Waals surface area contributed by atoms with E-state index in [0.29, 0.717) is 45.4 Å². The van der Waals surface area contributed by atoms with E-state index in [1.165, 1.54) is 11.3 Å². The molecule has 1 aromatic heterocycles. The maximum atomic E-state index is 13.8. The van der Waals surface area contributed by atoms with Gasteiger partial charge in [-0.25, -0.2) is 9.59 Å². The molecule has 11 nitrogen and oxygen atoms in total. The van der Waals surface area contributed by atoms with Crippen LogP contribution in [0.25, 0.3) is 0 Å². The van der Waals surface area contributed by atoms with Crippen LogP contribution < -0.4 is 16.0 Å². The summed E-state index contributed by atoms with van der Waals surface area (Å²) in [5.74, 6) is -0.164. The van der Waals surface area contributed by atoms with Crippen LogP contribution >= 0.6 is 20.6 Å². The van der Waals surface area contributed by atoms with E-state index in [1.54, 1.807) is 16.6 Å². The van der Waals surface area contributed by atoms with Crippen LogP contribution in [0.15, 0.2) is 42.0 Å². The molecular formula is C32H49N6O5PS. The number of urea groups is 1. The molecule has 2 saturated heterocycles. The number of hydrogen-bond acceptors (Lipinski definition) is 8. The van der Waals surface area contributed by atoms with E-state index in [-0.39, 0.29) is 36.3 Å². The lowest BCUT2D eigenvalue weighted by Gasteiger charge is -2.30. The topological polar surface area (TPSA) is 125 Å². The predicted molar refractivity (Wildman–Crippen MR) is 179 cm³/mol. The number of nitrogens with zero attached hydrogens (tertiary/aromatic N) is 3. The van der Waals surface area contributed by atoms with Crippen molar-refractivity contribution in [2.45, 2.75) is 82.3 Å². The fourth-order valence-corrected chi connectivity index (χ4v) is 6.58. The molecule has 2 aromatic rings. The number of rotatable bonds is 16. The summed E-state index contributed by atoms with van der Waals surface area (Å²) in [5.41, 5.74) is 3.09. The molecule has 3 heterocycles. The number of alkyl carbamates (subject to hydrolysis) is 1. The van der Waals surface area contributed by atoms with Crippen LogP contribution in [0.1, 0.15) is 55.9 Å². The molecular weight excluding hydrogens is 611 g/mol. The van der Waals surface area contributed by atoms with Gasteiger partial charge in [0.05, 0.1) is 23.6 Å². The second-order valence-electron chi connectivity index (χ2n) is 12.0. The van der Waals surface area contributed by atoms with Gasteiger partial charge in [-0.05, 0) is 56.2 Å². The van der Waals surface area contributed by atoms with Crippen molar-refractivity contribution in [3.8, 4) is 0 Å². The lowest BCUT2D eigenvalue weighted by molar-refractivity contribution is -0.124. The van der Waals surface area contributed by atoms with Gasteiger partial charge in [-0.2, -0.15) is 0 Å². The third-order valence-electron chi connectivity index (χ3n) is 8.19. The van der Waals surface area contributed by atoms with E-state index in [9.17, 15) is 14.4 Å². The summed E-state index contributed by atoms with van der Waals surface area (Å²) in [7, 11) is 2.82. The van der Waals surface area contributed by atoms with Gasteiger partial charge in [0.15, 0.2) is 0 Å². The number of hydrogen-bond donors (Lipinski definition) is 3. The average Bonchev–Trinajstić information content (AvgIpc) is 3.77. The number of aromatic nitrogens is 1. The van der Waals surface area contributed by atoms with Crippen molar-refractivity contribution >= 4 is 38.6 Å². The van der Waals surface area contributed by atoms with E-state index >= 15 is 0 Å². The Hall–Kier alpha value is -2.79. The van der Waals surface area contributed by atoms with Crippen LogP contribution in [0.2, 0.25) is 0 Å². The number of likely N-dealkylation sites (tertiary alicyclic amines) is 1. The zero-order valence-electron chi connectivity index (χ0n) is 26.3. The predicted octanol–water partition coefficient (Wildman–Crippen LogP) is 3.80. The van der Waals surface area contributed by atoms with Gasteiger partial charge in [0.2, 0.25) is 5.91 Å². The summed E-state index contributed by atoms with van der Waals surface area (Å²) < 4.78 is 10.9. The van der Waals surface area contributed by atoms with E-state index in [4.69, 9.17) is 9.47 Å². The largest absolute Gasteiger partial charge is 0.444 e. The minimum Gasteiger partial charge on any atom is -0.444 e. The highest BCUT2D eigenvalue weighted by Crippen LogP contribution is 2.17. The molecule has 0 bridgehead atoms. The molecule has 4 rings (SSSR count). The van der Waals surface area contributed by atoms with Crippen LogP contribution in [0.3, 0.4) is 0 Å². The summed E-state index contributed by atoms with van der Waals surface area (Å²) in [6, 6.07) is 8.91. The standard InChI is InChI=1S/C32H49N6O5PS/c1-24(44)19-26(9-10-27(20-25-7-3-2-4-8-25)35-32(41)43-22-28-21-33-23-45-28)34-30(39)29(11-14-37-15-17-42-18-16-37)36-31(40)38-12-5-6-13-38/h2-4,7-8,21,23-24,26-27,29H,5-6,9-20,22,44H2,1H3,(H,34,39)(H,35,41)(H,36,40). The minimum absolute atomic E-state index is 0.132. The normalized spacial score (nSPS) is 18.0. The van der Waals surface area contributed by atoms with Crippen molar-refractivity contribution < 1.29 is 23.9 Å². The van der Waals surface area contributed by atoms with Crippen LogP contribution in [-0.2, 0) is 27.3 Å². The van der Waals surface area contributed by atoms with E-state index in [2.05, 4.69) is 42.0 Å². The molecule has 2 fully saturated rings. The van der Waals surface area contributed by atoms with Crippen LogP contribution in [0, 0.1) is 0 Å². The highest BCUT2D eigenvalue weighted by atomic mass is 32.1. The smallest absolute Gasteiger partial charge is 0.407 e. The quantitative estimate of drug-likeness (QED) is 0.234. The highest BCUT2D eigenvalue weighted by Gasteiger charge is 2.28. The minimum atomic E-state index is -0.636. The summed E-state index contributed by atoms with van der Waals surface area (Å²) in [4.78, 5) is 48.6. The average molecular weight is 661 g/mol. The molecule has 1 aromatic carbocycles. The maximum absolute atomic E-state index is 13.8. The molecule has 13 heteroatoms. The van der Waals surface area contributed by atoms with E-state index in [1.807, 2.05) is 30.3 Å². The lowest BCUT2D eigenvalue weighted by atomic mass is 9.97. The van der Waals surface area contributed by atoms with E-state index in [0.717, 1.165) is 55.9 Å². The number of ether oxygens (including phenoxy) is 2. The molecule has 5 unspecified atom stereocenters. The number of morpholine rings is 1. The van der Waals surface area contributed by atoms with Crippen molar-refractivity contribution in [1.29, 1.82) is 0 Å². The Morgan fingerprint density at radius 3 is 2.42 bits per heavy atom. The van der Waals surface area contributed by atoms with Crippen LogP contribution in [-0.4, -0.2) is 103 Å². The summed E-state index contributed by atoms with van der Waals surface area (Å²) in [5, 5.41) is 9.36. The lowest BCUT2D eigenvalue weighted by Crippen LogP contribution is -2.54. The maximum Gasteiger partial charge on any atom is 0.407 e. The molecule has 0 saturated carbocycles. The summed E-state index contributed by atoms with van der Waals surface area (Å²) in [6.45, 7) is 7.44. The van der Waals surface area contributed by atoms with E-state index < -0.39 is 12.1 Å². The van der Waals surface area contributed by atoms with Gasteiger partial charge in [0.25, 0.3) is 0 Å². The van der Waals surface area contributed by atoms with Gasteiger partial charge in [0.1, 0.15) is 12.6 Å². The third kappa shape index (κ3) is 12.9. The fraction of sp³-hybridized carbons (Fsp3) is 0.625. The third-order valence-corrected chi connectivity index (χ3v) is 9.21. The van der Waals surface area contributed by atoms with Crippen LogP contribution in [0.5, 0.6) is 0 Å². The molecule has 45 heavy (non-hydrogen) atoms. The zero-order valence-corrected chi connectivity index (χ0v) is 28.3. The molecule has 4 amide bonds. The molecule has 5 atom stereocenters. The Morgan fingerprint density at radius 2 is 1.73 bits per heavy atom. The summed E-state index contributed by atoms with van der Waals surface area (Å²) >= 11 is 1.44. The monoisotopic (exact) mass is 660 g/mol. The molecule has 3 N–H and O–H groups in total. The number of carbonyl (C=O) groups is 3. The SMILES string of the molecule is CC(P)CC(CCC(Cc1ccccc1)NC(=O)OCc1cncs1)NC(=O)C(CCN1CCOCC1)NC(=O)N1CCCC1. The van der Waals surface area contributed by atoms with Gasteiger partial charge in [-0.1, -0.05) is 37.3 Å². The Bertz CT molecular complexity index is 1160. The highest BCUT2D eigenvalue weighted by molar-refractivity contribution is 7.17. The van der Waals surface area contributed by atoms with Gasteiger partial charge in [0, 0.05) is 51.0 Å². The fourth-order valence-electron chi connectivity index (χ4n) is 5.75. The Balaban J connectivity index is 1.38. The first-order valence-electron chi connectivity index (χ1n) is 16.1. The molecule has 2 aliphatic rings. The number of nitrogens with one attached hydrogen (secondary N) is 3. The number of amides is 4. The Morgan fingerprint density at radius 1 is 1.00 bits per heavy atom. The first kappa shape index (κ1) is 35.1. The van der Waals surface area contributed by atoms with Gasteiger partial charge in [-0.3, -0.25) is 14.7 Å². The van der Waals surface area contributed by atoms with Crippen molar-refractivity contribution in [2.75, 3.05) is 45.9 Å². The first-order valence-corrected chi connectivity index (χ1v) is 17.7. The summed E-state index contributed by atoms with van der Waals surface area (Å²) in [6.07, 6.45) is 6.42. The number of carbonyl (C=O) groups excluding carboxylic acids is 3. The molecule has 2 aliphatic heterocycles. The van der Waals surface area contributed by atoms with Crippen molar-refractivity contribution in [3.05, 3.63) is 52.5 Å². The molecule has 0 spiro atoms.